The normalized spacial score (nSPS) is 17.2. The van der Waals surface area contributed by atoms with E-state index in [0.29, 0.717) is 22.5 Å². The van der Waals surface area contributed by atoms with Crippen molar-refractivity contribution >= 4 is 24.4 Å². The highest BCUT2D eigenvalue weighted by atomic mass is 19.2. The number of aromatic nitrogens is 1. The van der Waals surface area contributed by atoms with Crippen LogP contribution in [0, 0.1) is 10.1 Å². The number of methoxy groups -OCH3 is 1. The first-order valence-corrected chi connectivity index (χ1v) is 7.52. The molecule has 0 saturated heterocycles. The third-order valence-corrected chi connectivity index (χ3v) is 4.40. The summed E-state index contributed by atoms with van der Waals surface area (Å²) in [6, 6.07) is 7.30. The van der Waals surface area contributed by atoms with Crippen molar-refractivity contribution in [3.8, 4) is 5.75 Å². The van der Waals surface area contributed by atoms with Crippen molar-refractivity contribution in [1.82, 2.24) is 4.48 Å². The van der Waals surface area contributed by atoms with Gasteiger partial charge in [0.05, 0.1) is 23.7 Å². The van der Waals surface area contributed by atoms with E-state index < -0.39 is 11.9 Å². The second-order valence-electron chi connectivity index (χ2n) is 5.71. The molecule has 0 bridgehead atoms. The zero-order valence-corrected chi connectivity index (χ0v) is 13.1. The lowest BCUT2D eigenvalue weighted by atomic mass is 9.86. The number of benzene rings is 1. The highest BCUT2D eigenvalue weighted by Crippen LogP contribution is 2.42. The fourth-order valence-corrected chi connectivity index (χ4v) is 3.29. The third kappa shape index (κ3) is 2.05. The molecule has 1 aromatic heterocycles. The fraction of sp³-hybridized carbons (Fsp3) is 0.0625. The van der Waals surface area contributed by atoms with Gasteiger partial charge in [-0.05, 0) is 24.4 Å². The Kier molecular flexibility index (Phi) is 3.15. The van der Waals surface area contributed by atoms with Crippen LogP contribution in [0.25, 0.3) is 5.57 Å². The van der Waals surface area contributed by atoms with E-state index in [0.717, 1.165) is 8.96 Å². The molecule has 25 heavy (non-hydrogen) atoms. The van der Waals surface area contributed by atoms with Crippen LogP contribution >= 0.6 is 0 Å². The van der Waals surface area contributed by atoms with Crippen LogP contribution in [0.3, 0.4) is 0 Å². The minimum Gasteiger partial charge on any atom is -0.496 e. The summed E-state index contributed by atoms with van der Waals surface area (Å²) >= 11 is 0. The van der Waals surface area contributed by atoms with Crippen LogP contribution < -0.4 is 4.74 Å². The molecule has 4 rings (SSSR count). The summed E-state index contributed by atoms with van der Waals surface area (Å²) in [5, 5.41) is 11.0. The molecule has 0 aliphatic carbocycles. The zero-order valence-electron chi connectivity index (χ0n) is 13.1. The summed E-state index contributed by atoms with van der Waals surface area (Å²) < 4.78 is 36.7. The van der Waals surface area contributed by atoms with Crippen molar-refractivity contribution in [1.29, 1.82) is 0 Å². The van der Waals surface area contributed by atoms with Crippen LogP contribution in [0.15, 0.2) is 54.4 Å². The number of halogens is 2. The Balaban J connectivity index is 2.02. The fourth-order valence-electron chi connectivity index (χ4n) is 3.29. The molecule has 1 aromatic carbocycles. The quantitative estimate of drug-likeness (QED) is 0.489. The van der Waals surface area contributed by atoms with Crippen LogP contribution in [0.2, 0.25) is 0 Å². The van der Waals surface area contributed by atoms with Gasteiger partial charge in [-0.15, -0.1) is 0 Å². The molecule has 0 radical (unpaired) electrons. The molecule has 126 valence electrons. The lowest BCUT2D eigenvalue weighted by molar-refractivity contribution is -0.384. The van der Waals surface area contributed by atoms with E-state index in [9.17, 15) is 18.7 Å². The Bertz CT molecular complexity index is 1010. The molecule has 0 amide bonds. The van der Waals surface area contributed by atoms with Crippen LogP contribution in [0.1, 0.15) is 11.3 Å². The molecular weight excluding hydrogens is 331 g/mol. The van der Waals surface area contributed by atoms with Gasteiger partial charge in [-0.1, -0.05) is 0 Å². The first-order chi connectivity index (χ1) is 11.9. The molecule has 2 aromatic rings. The predicted octanol–water partition coefficient (Wildman–Crippen LogP) is 3.05. The van der Waals surface area contributed by atoms with Gasteiger partial charge in [-0.2, -0.15) is 0 Å². The lowest BCUT2D eigenvalue weighted by Crippen LogP contribution is -2.49. The lowest BCUT2D eigenvalue weighted by Gasteiger charge is -2.31. The second-order valence-corrected chi connectivity index (χ2v) is 5.71. The van der Waals surface area contributed by atoms with E-state index in [1.807, 2.05) is 0 Å². The predicted molar refractivity (Wildman–Crippen MR) is 88.9 cm³/mol. The summed E-state index contributed by atoms with van der Waals surface area (Å²) in [5.74, 6) is 0.252. The van der Waals surface area contributed by atoms with Gasteiger partial charge in [0.15, 0.2) is 5.70 Å². The largest absolute Gasteiger partial charge is 0.737 e. The van der Waals surface area contributed by atoms with Gasteiger partial charge >= 0.3 is 6.97 Å². The van der Waals surface area contributed by atoms with E-state index in [1.165, 1.54) is 37.7 Å². The van der Waals surface area contributed by atoms with Gasteiger partial charge in [-0.3, -0.25) is 10.1 Å². The smallest absolute Gasteiger partial charge is 0.496 e. The van der Waals surface area contributed by atoms with E-state index in [4.69, 9.17) is 4.74 Å². The number of rotatable bonds is 3. The number of allylic oxidation sites excluding steroid dienone is 2. The Morgan fingerprint density at radius 1 is 1.32 bits per heavy atom. The van der Waals surface area contributed by atoms with Crippen molar-refractivity contribution in [3.63, 3.8) is 0 Å². The molecule has 6 nitrogen and oxygen atoms in total. The average Bonchev–Trinajstić information content (AvgIpc) is 3.25. The number of nitrogens with zero attached hydrogens (tertiary/aromatic N) is 3. The van der Waals surface area contributed by atoms with Crippen LogP contribution in [0.5, 0.6) is 5.75 Å². The second kappa shape index (κ2) is 5.14. The number of fused-ring (bicyclic) bond motifs is 2. The average molecular weight is 343 g/mol. The van der Waals surface area contributed by atoms with Crippen LogP contribution in [-0.4, -0.2) is 34.2 Å². The summed E-state index contributed by atoms with van der Waals surface area (Å²) in [5.41, 5.74) is 1.60. The first kappa shape index (κ1) is 15.3. The van der Waals surface area contributed by atoms with Gasteiger partial charge in [-0.25, -0.2) is 0 Å². The van der Waals surface area contributed by atoms with Gasteiger partial charge in [0, 0.05) is 29.5 Å². The minimum absolute atomic E-state index is 0.127. The molecule has 0 spiro atoms. The molecule has 2 aliphatic rings. The molecule has 9 heteroatoms. The van der Waals surface area contributed by atoms with E-state index in [1.54, 1.807) is 24.3 Å². The van der Waals surface area contributed by atoms with E-state index >= 15 is 0 Å². The summed E-state index contributed by atoms with van der Waals surface area (Å²) in [7, 11) is 1.39. The number of hydrogen-bond donors (Lipinski definition) is 0. The van der Waals surface area contributed by atoms with E-state index in [2.05, 4.69) is 0 Å². The van der Waals surface area contributed by atoms with Crippen LogP contribution in [-0.2, 0) is 0 Å². The van der Waals surface area contributed by atoms with Gasteiger partial charge in [0.25, 0.3) is 5.69 Å². The molecule has 0 N–H and O–H groups in total. The van der Waals surface area contributed by atoms with Crippen molar-refractivity contribution in [2.45, 2.75) is 0 Å². The molecule has 0 unspecified atom stereocenters. The Labute approximate surface area is 141 Å². The third-order valence-electron chi connectivity index (χ3n) is 4.40. The highest BCUT2D eigenvalue weighted by Gasteiger charge is 2.51. The molecule has 0 fully saturated rings. The van der Waals surface area contributed by atoms with Gasteiger partial charge in [0.2, 0.25) is 0 Å². The molecular formula is C16H12BF2N3O3. The SMILES string of the molecule is COc1cc([N+](=O)[O-])ccc1C1=C2C=CC=[N+]2[B-](F)(F)n2cccc21. The van der Waals surface area contributed by atoms with E-state index in [-0.39, 0.29) is 11.4 Å². The summed E-state index contributed by atoms with van der Waals surface area (Å²) in [6.45, 7) is -3.99. The molecule has 0 atom stereocenters. The number of ether oxygens (including phenoxy) is 1. The topological polar surface area (TPSA) is 60.3 Å². The van der Waals surface area contributed by atoms with Gasteiger partial charge < -0.3 is 22.3 Å². The molecule has 0 saturated carbocycles. The first-order valence-electron chi connectivity index (χ1n) is 7.52. The summed E-state index contributed by atoms with van der Waals surface area (Å²) in [4.78, 5) is 10.5. The maximum atomic E-state index is 14.8. The highest BCUT2D eigenvalue weighted by molar-refractivity contribution is 6.57. The maximum absolute atomic E-state index is 14.8. The monoisotopic (exact) mass is 343 g/mol. The Morgan fingerprint density at radius 3 is 2.84 bits per heavy atom. The van der Waals surface area contributed by atoms with Crippen LogP contribution in [0.4, 0.5) is 14.3 Å². The minimum atomic E-state index is -3.99. The summed E-state index contributed by atoms with van der Waals surface area (Å²) in [6.07, 6.45) is 5.81. The Hall–Kier alpha value is -3.23. The number of nitro groups is 1. The van der Waals surface area contributed by atoms with Crippen molar-refractivity contribution in [2.75, 3.05) is 7.11 Å². The number of non-ortho nitro benzene ring substituents is 1. The maximum Gasteiger partial charge on any atom is 0.737 e. The Morgan fingerprint density at radius 2 is 2.12 bits per heavy atom. The standard InChI is InChI=1S/C16H12BF2N3O3/c1-25-15-10-11(22(23)24)6-7-12(15)16-13-4-2-8-20(13)17(18,19)21-9-3-5-14(16)21/h2-10H,1H3. The molecule has 3 heterocycles. The zero-order chi connectivity index (χ0) is 17.8. The molecule has 2 aliphatic heterocycles. The van der Waals surface area contributed by atoms with Crippen molar-refractivity contribution < 1.29 is 22.8 Å². The number of nitro benzene ring substituents is 1. The van der Waals surface area contributed by atoms with Gasteiger partial charge in [0.1, 0.15) is 12.0 Å². The van der Waals surface area contributed by atoms with Crippen molar-refractivity contribution in [2.24, 2.45) is 0 Å². The van der Waals surface area contributed by atoms with Crippen molar-refractivity contribution in [3.05, 3.63) is 75.7 Å². The number of hydrogen-bond acceptors (Lipinski definition) is 3.